The number of benzene rings is 8. The average molecular weight is 717 g/mol. The Balaban J connectivity index is 1.01. The van der Waals surface area contributed by atoms with Gasteiger partial charge in [-0.05, 0) is 111 Å². The van der Waals surface area contributed by atoms with Crippen LogP contribution in [0.25, 0.3) is 50.1 Å². The fourth-order valence-corrected chi connectivity index (χ4v) is 8.44. The fourth-order valence-electron chi connectivity index (χ4n) is 8.44. The quantitative estimate of drug-likeness (QED) is 0.154. The van der Waals surface area contributed by atoms with Crippen LogP contribution in [0.4, 0.5) is 28.4 Å². The molecule has 1 aliphatic heterocycles. The molecule has 8 aromatic rings. The normalized spacial score (nSPS) is 14.2. The van der Waals surface area contributed by atoms with Gasteiger partial charge in [0, 0.05) is 34.0 Å². The molecule has 0 radical (unpaired) electrons. The Morgan fingerprint density at radius 2 is 0.839 bits per heavy atom. The van der Waals surface area contributed by atoms with Gasteiger partial charge in [0.15, 0.2) is 0 Å². The minimum atomic E-state index is 0.308. The maximum absolute atomic E-state index is 2.53. The van der Waals surface area contributed by atoms with Gasteiger partial charge in [-0.25, -0.2) is 0 Å². The highest BCUT2D eigenvalue weighted by atomic mass is 15.2. The monoisotopic (exact) mass is 716 g/mol. The summed E-state index contributed by atoms with van der Waals surface area (Å²) >= 11 is 0. The number of para-hydroxylation sites is 1. The van der Waals surface area contributed by atoms with Crippen LogP contribution in [-0.4, -0.2) is 6.04 Å². The van der Waals surface area contributed by atoms with E-state index in [0.29, 0.717) is 6.04 Å². The summed E-state index contributed by atoms with van der Waals surface area (Å²) in [5.41, 5.74) is 18.2. The molecule has 1 atom stereocenters. The van der Waals surface area contributed by atoms with E-state index >= 15 is 0 Å². The number of hydrogen-bond acceptors (Lipinski definition) is 2. The first-order valence-electron chi connectivity index (χ1n) is 19.4. The predicted octanol–water partition coefficient (Wildman–Crippen LogP) is 14.7. The Kier molecular flexibility index (Phi) is 8.70. The van der Waals surface area contributed by atoms with Gasteiger partial charge >= 0.3 is 0 Å². The van der Waals surface area contributed by atoms with E-state index in [0.717, 1.165) is 23.5 Å². The largest absolute Gasteiger partial charge is 0.333 e. The molecule has 0 N–H and O–H groups in total. The van der Waals surface area contributed by atoms with Crippen LogP contribution in [0.15, 0.2) is 224 Å². The standard InChI is InChI=1S/C54H40N2/c1-4-14-39(15-5-1)41-24-31-46(32-25-41)55(47-33-26-42(27-34-47)40-16-6-2-7-17-40)48-35-28-43(29-36-48)49-20-10-11-21-50(49)44-30-37-52-51-22-12-13-23-53(51)56(54(52)38-44)45-18-8-3-9-19-45/h1-22,24-38,53H,23H2. The van der Waals surface area contributed by atoms with E-state index in [-0.39, 0.29) is 0 Å². The van der Waals surface area contributed by atoms with E-state index in [1.165, 1.54) is 67.0 Å². The molecular weight excluding hydrogens is 677 g/mol. The van der Waals surface area contributed by atoms with Gasteiger partial charge in [-0.1, -0.05) is 170 Å². The molecule has 0 saturated carbocycles. The highest BCUT2D eigenvalue weighted by Gasteiger charge is 2.35. The van der Waals surface area contributed by atoms with Crippen molar-refractivity contribution in [3.05, 3.63) is 230 Å². The summed E-state index contributed by atoms with van der Waals surface area (Å²) in [5, 5.41) is 0. The molecule has 1 aliphatic carbocycles. The SMILES string of the molecule is C1=CCC2C(=C1)c1ccc(-c3ccccc3-c3ccc(N(c4ccc(-c5ccccc5)cc4)c4ccc(-c5ccccc5)cc4)cc3)cc1N2c1ccccc1. The summed E-state index contributed by atoms with van der Waals surface area (Å²) in [4.78, 5) is 4.87. The van der Waals surface area contributed by atoms with Crippen molar-refractivity contribution in [1.29, 1.82) is 0 Å². The second kappa shape index (κ2) is 14.6. The molecule has 2 heteroatoms. The average Bonchev–Trinajstić information content (AvgIpc) is 3.62. The molecule has 8 aromatic carbocycles. The lowest BCUT2D eigenvalue weighted by Crippen LogP contribution is -2.26. The number of nitrogens with zero attached hydrogens (tertiary/aromatic N) is 2. The summed E-state index contributed by atoms with van der Waals surface area (Å²) in [6.07, 6.45) is 7.79. The molecule has 266 valence electrons. The van der Waals surface area contributed by atoms with E-state index < -0.39 is 0 Å². The van der Waals surface area contributed by atoms with E-state index in [1.807, 2.05) is 0 Å². The van der Waals surface area contributed by atoms with Crippen LogP contribution >= 0.6 is 0 Å². The van der Waals surface area contributed by atoms with Crippen molar-refractivity contribution >= 4 is 34.0 Å². The van der Waals surface area contributed by atoms with Gasteiger partial charge in [-0.2, -0.15) is 0 Å². The summed E-state index contributed by atoms with van der Waals surface area (Å²) < 4.78 is 0. The Morgan fingerprint density at radius 1 is 0.393 bits per heavy atom. The fraction of sp³-hybridized carbons (Fsp3) is 0.0370. The number of anilines is 5. The third-order valence-corrected chi connectivity index (χ3v) is 11.2. The van der Waals surface area contributed by atoms with Gasteiger partial charge in [-0.15, -0.1) is 0 Å². The van der Waals surface area contributed by atoms with Crippen LogP contribution in [0.3, 0.4) is 0 Å². The van der Waals surface area contributed by atoms with Crippen molar-refractivity contribution in [2.24, 2.45) is 0 Å². The molecule has 10 rings (SSSR count). The number of hydrogen-bond donors (Lipinski definition) is 0. The highest BCUT2D eigenvalue weighted by molar-refractivity contribution is 5.96. The van der Waals surface area contributed by atoms with E-state index in [2.05, 4.69) is 234 Å². The van der Waals surface area contributed by atoms with Crippen LogP contribution in [0, 0.1) is 0 Å². The van der Waals surface area contributed by atoms with Gasteiger partial charge in [0.25, 0.3) is 0 Å². The van der Waals surface area contributed by atoms with Gasteiger partial charge in [-0.3, -0.25) is 0 Å². The van der Waals surface area contributed by atoms with Crippen molar-refractivity contribution in [2.45, 2.75) is 12.5 Å². The van der Waals surface area contributed by atoms with Crippen LogP contribution in [-0.2, 0) is 0 Å². The van der Waals surface area contributed by atoms with Crippen LogP contribution < -0.4 is 9.80 Å². The summed E-state index contributed by atoms with van der Waals surface area (Å²) in [7, 11) is 0. The Hall–Kier alpha value is -7.16. The van der Waals surface area contributed by atoms with Gasteiger partial charge in [0.1, 0.15) is 0 Å². The zero-order valence-corrected chi connectivity index (χ0v) is 31.0. The molecule has 0 fully saturated rings. The van der Waals surface area contributed by atoms with Crippen LogP contribution in [0.5, 0.6) is 0 Å². The summed E-state index contributed by atoms with van der Waals surface area (Å²) in [6, 6.07) is 75.0. The second-order valence-electron chi connectivity index (χ2n) is 14.5. The molecule has 0 bridgehead atoms. The van der Waals surface area contributed by atoms with Crippen molar-refractivity contribution < 1.29 is 0 Å². The van der Waals surface area contributed by atoms with Crippen LogP contribution in [0.1, 0.15) is 12.0 Å². The molecule has 2 nitrogen and oxygen atoms in total. The topological polar surface area (TPSA) is 6.48 Å². The molecule has 0 spiro atoms. The maximum atomic E-state index is 2.53. The smallest absolute Gasteiger partial charge is 0.0632 e. The molecule has 0 amide bonds. The number of rotatable bonds is 8. The molecular formula is C54H40N2. The van der Waals surface area contributed by atoms with Crippen molar-refractivity contribution in [3.63, 3.8) is 0 Å². The zero-order chi connectivity index (χ0) is 37.3. The first kappa shape index (κ1) is 33.4. The molecule has 0 saturated heterocycles. The van der Waals surface area contributed by atoms with Gasteiger partial charge < -0.3 is 9.80 Å². The molecule has 1 heterocycles. The molecule has 0 aromatic heterocycles. The lowest BCUT2D eigenvalue weighted by Gasteiger charge is -2.28. The summed E-state index contributed by atoms with van der Waals surface area (Å²) in [5.74, 6) is 0. The second-order valence-corrected chi connectivity index (χ2v) is 14.5. The Labute approximate surface area is 329 Å². The van der Waals surface area contributed by atoms with E-state index in [4.69, 9.17) is 0 Å². The third kappa shape index (κ3) is 6.22. The molecule has 2 aliphatic rings. The molecule has 56 heavy (non-hydrogen) atoms. The minimum absolute atomic E-state index is 0.308. The summed E-state index contributed by atoms with van der Waals surface area (Å²) in [6.45, 7) is 0. The number of fused-ring (bicyclic) bond motifs is 3. The van der Waals surface area contributed by atoms with Crippen LogP contribution in [0.2, 0.25) is 0 Å². The zero-order valence-electron chi connectivity index (χ0n) is 31.0. The van der Waals surface area contributed by atoms with Gasteiger partial charge in [0.05, 0.1) is 6.04 Å². The van der Waals surface area contributed by atoms with E-state index in [1.54, 1.807) is 0 Å². The Bertz CT molecular complexity index is 2590. The maximum Gasteiger partial charge on any atom is 0.0632 e. The molecule has 1 unspecified atom stereocenters. The van der Waals surface area contributed by atoms with Gasteiger partial charge in [0.2, 0.25) is 0 Å². The number of allylic oxidation sites excluding steroid dienone is 2. The predicted molar refractivity (Wildman–Crippen MR) is 237 cm³/mol. The first-order chi connectivity index (χ1) is 27.8. The lowest BCUT2D eigenvalue weighted by molar-refractivity contribution is 0.829. The third-order valence-electron chi connectivity index (χ3n) is 11.2. The highest BCUT2D eigenvalue weighted by Crippen LogP contribution is 2.49. The minimum Gasteiger partial charge on any atom is -0.333 e. The van der Waals surface area contributed by atoms with Crippen molar-refractivity contribution in [2.75, 3.05) is 9.80 Å². The Morgan fingerprint density at radius 3 is 1.39 bits per heavy atom. The first-order valence-corrected chi connectivity index (χ1v) is 19.4. The lowest BCUT2D eigenvalue weighted by atomic mass is 9.92. The van der Waals surface area contributed by atoms with Crippen molar-refractivity contribution in [3.8, 4) is 44.5 Å². The van der Waals surface area contributed by atoms with E-state index in [9.17, 15) is 0 Å². The van der Waals surface area contributed by atoms with Crippen molar-refractivity contribution in [1.82, 2.24) is 0 Å².